The first-order chi connectivity index (χ1) is 23.5. The predicted octanol–water partition coefficient (Wildman–Crippen LogP) is 7.70. The van der Waals surface area contributed by atoms with E-state index in [4.69, 9.17) is 14.6 Å². The van der Waals surface area contributed by atoms with E-state index in [1.165, 1.54) is 32.1 Å². The molecule has 2 heterocycles. The SMILES string of the molecule is O=C(O)CCCCCCC(=O)NCc1cccc(-c2cccc([C@@H]3O[C@H](CN4CCCCCCC4)C[C@H](c4ccc(CO)cc4)O3)c2)c1. The second-order valence-electron chi connectivity index (χ2n) is 13.3. The Hall–Kier alpha value is -3.56. The smallest absolute Gasteiger partial charge is 0.303 e. The fourth-order valence-corrected chi connectivity index (χ4v) is 6.75. The average molecular weight is 657 g/mol. The second kappa shape index (κ2) is 18.8. The summed E-state index contributed by atoms with van der Waals surface area (Å²) in [6.45, 7) is 3.59. The number of rotatable bonds is 15. The van der Waals surface area contributed by atoms with Crippen LogP contribution in [0.15, 0.2) is 72.8 Å². The van der Waals surface area contributed by atoms with Crippen LogP contribution in [-0.4, -0.2) is 52.7 Å². The molecule has 0 unspecified atom stereocenters. The van der Waals surface area contributed by atoms with Crippen LogP contribution in [0.5, 0.6) is 0 Å². The van der Waals surface area contributed by atoms with Crippen molar-refractivity contribution in [1.82, 2.24) is 10.2 Å². The number of aliphatic hydroxyl groups is 1. The molecule has 3 atom stereocenters. The molecule has 3 aromatic carbocycles. The van der Waals surface area contributed by atoms with Gasteiger partial charge in [-0.1, -0.05) is 92.8 Å². The number of nitrogens with one attached hydrogen (secondary N) is 1. The zero-order chi connectivity index (χ0) is 33.6. The van der Waals surface area contributed by atoms with Gasteiger partial charge in [0.1, 0.15) is 0 Å². The first-order valence-electron chi connectivity index (χ1n) is 17.9. The molecule has 258 valence electrons. The van der Waals surface area contributed by atoms with Gasteiger partial charge in [0.2, 0.25) is 5.91 Å². The number of hydrogen-bond donors (Lipinski definition) is 3. The highest BCUT2D eigenvalue weighted by molar-refractivity contribution is 5.76. The van der Waals surface area contributed by atoms with Crippen molar-refractivity contribution in [3.05, 3.63) is 95.1 Å². The minimum Gasteiger partial charge on any atom is -0.481 e. The number of likely N-dealkylation sites (tertiary alicyclic amines) is 1. The molecule has 2 fully saturated rings. The largest absolute Gasteiger partial charge is 0.481 e. The number of carbonyl (C=O) groups is 2. The third-order valence-corrected chi connectivity index (χ3v) is 9.48. The van der Waals surface area contributed by atoms with E-state index in [1.807, 2.05) is 24.3 Å². The quantitative estimate of drug-likeness (QED) is 0.144. The predicted molar refractivity (Wildman–Crippen MR) is 187 cm³/mol. The highest BCUT2D eigenvalue weighted by Gasteiger charge is 2.33. The second-order valence-corrected chi connectivity index (χ2v) is 13.3. The Morgan fingerprint density at radius 3 is 2.17 bits per heavy atom. The van der Waals surface area contributed by atoms with Gasteiger partial charge in [-0.2, -0.15) is 0 Å². The van der Waals surface area contributed by atoms with Crippen LogP contribution in [0.3, 0.4) is 0 Å². The summed E-state index contributed by atoms with van der Waals surface area (Å²) >= 11 is 0. The van der Waals surface area contributed by atoms with Crippen molar-refractivity contribution in [2.75, 3.05) is 19.6 Å². The molecule has 1 amide bonds. The first-order valence-corrected chi connectivity index (χ1v) is 17.9. The number of ether oxygens (including phenoxy) is 2. The summed E-state index contributed by atoms with van der Waals surface area (Å²) in [5.41, 5.74) is 6.11. The number of carboxylic acids is 1. The lowest BCUT2D eigenvalue weighted by Crippen LogP contribution is -2.40. The number of aliphatic carboxylic acids is 1. The number of amides is 1. The van der Waals surface area contributed by atoms with Crippen molar-refractivity contribution in [2.45, 2.75) is 109 Å². The third-order valence-electron chi connectivity index (χ3n) is 9.48. The summed E-state index contributed by atoms with van der Waals surface area (Å²) in [4.78, 5) is 25.7. The molecule has 48 heavy (non-hydrogen) atoms. The zero-order valence-corrected chi connectivity index (χ0v) is 28.2. The fraction of sp³-hybridized carbons (Fsp3) is 0.500. The molecule has 8 nitrogen and oxygen atoms in total. The minimum atomic E-state index is -0.768. The zero-order valence-electron chi connectivity index (χ0n) is 28.2. The Morgan fingerprint density at radius 2 is 1.44 bits per heavy atom. The first kappa shape index (κ1) is 35.7. The Bertz CT molecular complexity index is 1440. The number of aliphatic hydroxyl groups excluding tert-OH is 1. The van der Waals surface area contributed by atoms with Gasteiger partial charge >= 0.3 is 5.97 Å². The van der Waals surface area contributed by atoms with E-state index in [0.29, 0.717) is 19.4 Å². The number of carboxylic acid groups (broad SMARTS) is 1. The normalized spacial score (nSPS) is 20.5. The van der Waals surface area contributed by atoms with Crippen LogP contribution in [0, 0.1) is 0 Å². The molecule has 3 N–H and O–H groups in total. The monoisotopic (exact) mass is 656 g/mol. The maximum atomic E-state index is 12.4. The molecule has 0 radical (unpaired) electrons. The van der Waals surface area contributed by atoms with Crippen LogP contribution in [0.25, 0.3) is 11.1 Å². The van der Waals surface area contributed by atoms with E-state index in [9.17, 15) is 14.7 Å². The van der Waals surface area contributed by atoms with Crippen molar-refractivity contribution in [1.29, 1.82) is 0 Å². The lowest BCUT2D eigenvalue weighted by Gasteiger charge is -2.39. The number of benzene rings is 3. The summed E-state index contributed by atoms with van der Waals surface area (Å²) in [7, 11) is 0. The Labute approximate surface area is 285 Å². The Balaban J connectivity index is 1.24. The summed E-state index contributed by atoms with van der Waals surface area (Å²) in [6.07, 6.45) is 10.3. The third kappa shape index (κ3) is 11.3. The van der Waals surface area contributed by atoms with Gasteiger partial charge in [-0.3, -0.25) is 9.59 Å². The van der Waals surface area contributed by atoms with Gasteiger partial charge in [-0.05, 0) is 78.7 Å². The standard InChI is InChI=1S/C40H52N2O6/c43-29-30-18-20-32(21-19-30)37-26-36(28-42-22-8-4-1-5-9-23-42)47-40(48-37)35-15-11-14-34(25-35)33-13-10-12-31(24-33)27-41-38(44)16-6-2-3-7-17-39(45)46/h10-15,18-21,24-25,36-37,40,43H,1-9,16-17,22-23,26-29H2,(H,41,44)(H,45,46)/t36-,37+,40+/m0/s1. The molecule has 0 spiro atoms. The molecule has 2 saturated heterocycles. The molecule has 3 aromatic rings. The Morgan fingerprint density at radius 1 is 0.750 bits per heavy atom. The summed E-state index contributed by atoms with van der Waals surface area (Å²) in [5.74, 6) is -0.756. The van der Waals surface area contributed by atoms with Crippen molar-refractivity contribution >= 4 is 11.9 Å². The molecule has 2 aliphatic rings. The lowest BCUT2D eigenvalue weighted by molar-refractivity contribution is -0.253. The molecule has 0 aromatic heterocycles. The maximum Gasteiger partial charge on any atom is 0.303 e. The number of nitrogens with zero attached hydrogens (tertiary/aromatic N) is 1. The van der Waals surface area contributed by atoms with Gasteiger partial charge in [0, 0.05) is 37.9 Å². The van der Waals surface area contributed by atoms with Crippen molar-refractivity contribution < 1.29 is 29.3 Å². The molecule has 0 bridgehead atoms. The molecular weight excluding hydrogens is 604 g/mol. The van der Waals surface area contributed by atoms with Crippen LogP contribution in [0.4, 0.5) is 0 Å². The molecule has 8 heteroatoms. The highest BCUT2D eigenvalue weighted by atomic mass is 16.7. The maximum absolute atomic E-state index is 12.4. The van der Waals surface area contributed by atoms with Gasteiger partial charge in [0.15, 0.2) is 6.29 Å². The van der Waals surface area contributed by atoms with Gasteiger partial charge in [0.05, 0.1) is 18.8 Å². The summed E-state index contributed by atoms with van der Waals surface area (Å²) in [6, 6.07) is 24.7. The number of hydrogen-bond acceptors (Lipinski definition) is 6. The van der Waals surface area contributed by atoms with Crippen LogP contribution in [0.2, 0.25) is 0 Å². The summed E-state index contributed by atoms with van der Waals surface area (Å²) in [5, 5.41) is 21.4. The minimum absolute atomic E-state index is 0.0121. The molecule has 5 rings (SSSR count). The molecule has 2 aliphatic heterocycles. The fourth-order valence-electron chi connectivity index (χ4n) is 6.75. The van der Waals surface area contributed by atoms with E-state index < -0.39 is 12.3 Å². The molecular formula is C40H52N2O6. The topological polar surface area (TPSA) is 108 Å². The lowest BCUT2D eigenvalue weighted by atomic mass is 9.98. The van der Waals surface area contributed by atoms with Crippen LogP contribution in [0.1, 0.15) is 112 Å². The van der Waals surface area contributed by atoms with Gasteiger partial charge in [-0.25, -0.2) is 0 Å². The van der Waals surface area contributed by atoms with Crippen LogP contribution < -0.4 is 5.32 Å². The van der Waals surface area contributed by atoms with Gasteiger partial charge < -0.3 is 29.9 Å². The van der Waals surface area contributed by atoms with E-state index >= 15 is 0 Å². The number of carbonyl (C=O) groups excluding carboxylic acids is 1. The highest BCUT2D eigenvalue weighted by Crippen LogP contribution is 2.39. The van der Waals surface area contributed by atoms with E-state index in [2.05, 4.69) is 58.7 Å². The van der Waals surface area contributed by atoms with E-state index in [0.717, 1.165) is 78.7 Å². The van der Waals surface area contributed by atoms with Crippen LogP contribution in [-0.2, 0) is 32.2 Å². The van der Waals surface area contributed by atoms with Crippen molar-refractivity contribution in [3.63, 3.8) is 0 Å². The van der Waals surface area contributed by atoms with E-state index in [1.54, 1.807) is 0 Å². The average Bonchev–Trinajstić information content (AvgIpc) is 3.10. The van der Waals surface area contributed by atoms with E-state index in [-0.39, 0.29) is 31.1 Å². The summed E-state index contributed by atoms with van der Waals surface area (Å²) < 4.78 is 13.4. The van der Waals surface area contributed by atoms with Gasteiger partial charge in [0.25, 0.3) is 0 Å². The van der Waals surface area contributed by atoms with Crippen LogP contribution >= 0.6 is 0 Å². The van der Waals surface area contributed by atoms with Gasteiger partial charge in [-0.15, -0.1) is 0 Å². The molecule has 0 aliphatic carbocycles. The Kier molecular flexibility index (Phi) is 14.0. The van der Waals surface area contributed by atoms with Crippen molar-refractivity contribution in [2.24, 2.45) is 0 Å². The molecule has 0 saturated carbocycles. The van der Waals surface area contributed by atoms with Crippen molar-refractivity contribution in [3.8, 4) is 11.1 Å². The number of unbranched alkanes of at least 4 members (excludes halogenated alkanes) is 3.